The van der Waals surface area contributed by atoms with Crippen LogP contribution in [0.2, 0.25) is 0 Å². The molecule has 0 aromatic rings. The van der Waals surface area contributed by atoms with Crippen LogP contribution >= 0.6 is 0 Å². The zero-order valence-corrected chi connectivity index (χ0v) is 14.5. The van der Waals surface area contributed by atoms with E-state index in [-0.39, 0.29) is 23.2 Å². The molecule has 0 aromatic carbocycles. The van der Waals surface area contributed by atoms with Gasteiger partial charge in [-0.15, -0.1) is 0 Å². The molecule has 1 saturated heterocycles. The van der Waals surface area contributed by atoms with Gasteiger partial charge >= 0.3 is 11.9 Å². The zero-order chi connectivity index (χ0) is 17.5. The minimum atomic E-state index is -0.842. The van der Waals surface area contributed by atoms with Crippen LogP contribution < -0.4 is 0 Å². The number of aliphatic carboxylic acids is 1. The summed E-state index contributed by atoms with van der Waals surface area (Å²) in [4.78, 5) is 25.2. The first-order valence-corrected chi connectivity index (χ1v) is 9.60. The second kappa shape index (κ2) is 3.68. The standard InChI is InChI=1S/C20H24O5/c1-16-4-2-5-20(25-15(16)23)11-3-6-19(24)10-18(11,9-17(19)7-8-17)12(13(16)20)14(21)22/h2,4,11-13,24H,3,5-10H2,1H3,(H,21,22)/t11-,12-,13-,16-,18+,19+,20-/m1/s1. The maximum atomic E-state index is 12.7. The Kier molecular flexibility index (Phi) is 2.18. The number of esters is 1. The Bertz CT molecular complexity index is 764. The Hall–Kier alpha value is -1.36. The van der Waals surface area contributed by atoms with Crippen LogP contribution in [-0.4, -0.2) is 33.4 Å². The van der Waals surface area contributed by atoms with Crippen LogP contribution in [0.15, 0.2) is 12.2 Å². The minimum absolute atomic E-state index is 0.0575. The molecule has 4 bridgehead atoms. The fourth-order valence-corrected chi connectivity index (χ4v) is 8.41. The van der Waals surface area contributed by atoms with Crippen molar-refractivity contribution in [2.24, 2.45) is 34.0 Å². The molecule has 1 heterocycles. The average molecular weight is 344 g/mol. The number of ether oxygens (including phenoxy) is 1. The Morgan fingerprint density at radius 2 is 2.04 bits per heavy atom. The number of rotatable bonds is 1. The summed E-state index contributed by atoms with van der Waals surface area (Å²) in [6.45, 7) is 1.86. The van der Waals surface area contributed by atoms with E-state index in [4.69, 9.17) is 4.74 Å². The molecule has 134 valence electrons. The Balaban J connectivity index is 1.60. The number of hydrogen-bond acceptors (Lipinski definition) is 4. The minimum Gasteiger partial charge on any atom is -0.481 e. The third kappa shape index (κ3) is 1.26. The van der Waals surface area contributed by atoms with Gasteiger partial charge in [-0.3, -0.25) is 9.59 Å². The van der Waals surface area contributed by atoms with Crippen LogP contribution in [0.25, 0.3) is 0 Å². The normalized spacial score (nSPS) is 58.8. The summed E-state index contributed by atoms with van der Waals surface area (Å²) in [6, 6.07) is 0. The lowest BCUT2D eigenvalue weighted by Gasteiger charge is -2.45. The van der Waals surface area contributed by atoms with E-state index in [0.29, 0.717) is 12.8 Å². The summed E-state index contributed by atoms with van der Waals surface area (Å²) in [5.41, 5.74) is -2.72. The third-order valence-corrected chi connectivity index (χ3v) is 9.28. The van der Waals surface area contributed by atoms with Gasteiger partial charge in [0.1, 0.15) is 5.60 Å². The van der Waals surface area contributed by atoms with E-state index in [1.165, 1.54) is 0 Å². The molecule has 5 aliphatic carbocycles. The van der Waals surface area contributed by atoms with Gasteiger partial charge in [0.05, 0.1) is 16.9 Å². The van der Waals surface area contributed by atoms with Crippen molar-refractivity contribution in [3.63, 3.8) is 0 Å². The van der Waals surface area contributed by atoms with Crippen LogP contribution in [0.4, 0.5) is 0 Å². The number of carboxylic acids is 1. The van der Waals surface area contributed by atoms with Crippen molar-refractivity contribution < 1.29 is 24.5 Å². The number of aliphatic hydroxyl groups is 1. The highest BCUT2D eigenvalue weighted by atomic mass is 16.6. The smallest absolute Gasteiger partial charge is 0.316 e. The van der Waals surface area contributed by atoms with Gasteiger partial charge in [0, 0.05) is 18.3 Å². The Morgan fingerprint density at radius 1 is 1.28 bits per heavy atom. The molecule has 5 fully saturated rings. The molecule has 0 radical (unpaired) electrons. The van der Waals surface area contributed by atoms with Gasteiger partial charge in [-0.25, -0.2) is 0 Å². The maximum Gasteiger partial charge on any atom is 0.316 e. The fourth-order valence-electron chi connectivity index (χ4n) is 8.41. The predicted octanol–water partition coefficient (Wildman–Crippen LogP) is 2.28. The van der Waals surface area contributed by atoms with Crippen LogP contribution in [0.1, 0.15) is 51.9 Å². The van der Waals surface area contributed by atoms with Gasteiger partial charge in [0.2, 0.25) is 0 Å². The van der Waals surface area contributed by atoms with Crippen LogP contribution in [0.3, 0.4) is 0 Å². The molecular weight excluding hydrogens is 320 g/mol. The summed E-state index contributed by atoms with van der Waals surface area (Å²) in [5, 5.41) is 21.6. The second-order valence-corrected chi connectivity index (χ2v) is 10.0. The van der Waals surface area contributed by atoms with E-state index in [1.54, 1.807) is 0 Å². The largest absolute Gasteiger partial charge is 0.481 e. The van der Waals surface area contributed by atoms with Gasteiger partial charge in [-0.2, -0.15) is 0 Å². The predicted molar refractivity (Wildman–Crippen MR) is 86.3 cm³/mol. The molecule has 0 aromatic heterocycles. The molecule has 25 heavy (non-hydrogen) atoms. The first-order chi connectivity index (χ1) is 11.7. The number of carbonyl (C=O) groups excluding carboxylic acids is 1. The molecule has 0 amide bonds. The molecule has 6 rings (SSSR count). The van der Waals surface area contributed by atoms with Gasteiger partial charge in [0.15, 0.2) is 0 Å². The summed E-state index contributed by atoms with van der Waals surface area (Å²) in [5.74, 6) is -1.92. The third-order valence-electron chi connectivity index (χ3n) is 9.28. The van der Waals surface area contributed by atoms with Crippen molar-refractivity contribution in [3.8, 4) is 0 Å². The number of carboxylic acid groups (broad SMARTS) is 1. The highest BCUT2D eigenvalue weighted by molar-refractivity contribution is 5.86. The topological polar surface area (TPSA) is 83.8 Å². The lowest BCUT2D eigenvalue weighted by atomic mass is 9.62. The first kappa shape index (κ1) is 14.8. The Morgan fingerprint density at radius 3 is 2.72 bits per heavy atom. The highest BCUT2D eigenvalue weighted by Crippen LogP contribution is 2.83. The van der Waals surface area contributed by atoms with Gasteiger partial charge in [0.25, 0.3) is 0 Å². The summed E-state index contributed by atoms with van der Waals surface area (Å²) in [6.07, 6.45) is 9.44. The molecule has 1 aliphatic heterocycles. The molecule has 7 atom stereocenters. The SMILES string of the molecule is C[C@]12C=CC[C@@]3(OC1=O)[C@@H]1CC[C@]4(O)C[C@]1(CC41CC1)[C@@H](C(=O)O)[C@@H]32. The van der Waals surface area contributed by atoms with Crippen LogP contribution in [-0.2, 0) is 14.3 Å². The van der Waals surface area contributed by atoms with E-state index in [9.17, 15) is 19.8 Å². The zero-order valence-electron chi connectivity index (χ0n) is 14.5. The number of carbonyl (C=O) groups is 2. The summed E-state index contributed by atoms with van der Waals surface area (Å²) < 4.78 is 6.07. The van der Waals surface area contributed by atoms with E-state index >= 15 is 0 Å². The van der Waals surface area contributed by atoms with Gasteiger partial charge in [-0.05, 0) is 56.3 Å². The molecule has 5 nitrogen and oxygen atoms in total. The molecule has 2 N–H and O–H groups in total. The Labute approximate surface area is 146 Å². The van der Waals surface area contributed by atoms with Crippen molar-refractivity contribution in [2.45, 2.75) is 63.1 Å². The number of hydrogen-bond donors (Lipinski definition) is 2. The lowest BCUT2D eigenvalue weighted by molar-refractivity contribution is -0.162. The molecule has 5 heteroatoms. The van der Waals surface area contributed by atoms with Crippen LogP contribution in [0.5, 0.6) is 0 Å². The number of fused-ring (bicyclic) bond motifs is 2. The lowest BCUT2D eigenvalue weighted by Crippen LogP contribution is -2.47. The molecule has 6 aliphatic rings. The van der Waals surface area contributed by atoms with Crippen molar-refractivity contribution in [1.29, 1.82) is 0 Å². The average Bonchev–Trinajstić information content (AvgIpc) is 3.19. The van der Waals surface area contributed by atoms with Crippen molar-refractivity contribution in [1.82, 2.24) is 0 Å². The summed E-state index contributed by atoms with van der Waals surface area (Å²) in [7, 11) is 0. The monoisotopic (exact) mass is 344 g/mol. The van der Waals surface area contributed by atoms with Crippen molar-refractivity contribution >= 4 is 11.9 Å². The van der Waals surface area contributed by atoms with E-state index in [0.717, 1.165) is 32.1 Å². The molecule has 2 spiro atoms. The molecule has 0 unspecified atom stereocenters. The first-order valence-electron chi connectivity index (χ1n) is 9.60. The molecular formula is C20H24O5. The van der Waals surface area contributed by atoms with Gasteiger partial charge in [-0.1, -0.05) is 12.2 Å². The van der Waals surface area contributed by atoms with E-state index in [1.807, 2.05) is 19.1 Å². The maximum absolute atomic E-state index is 12.7. The fraction of sp³-hybridized carbons (Fsp3) is 0.800. The van der Waals surface area contributed by atoms with Gasteiger partial charge < -0.3 is 14.9 Å². The molecule has 4 saturated carbocycles. The summed E-state index contributed by atoms with van der Waals surface area (Å²) >= 11 is 0. The van der Waals surface area contributed by atoms with Crippen molar-refractivity contribution in [3.05, 3.63) is 12.2 Å². The van der Waals surface area contributed by atoms with Crippen molar-refractivity contribution in [2.75, 3.05) is 0 Å². The quantitative estimate of drug-likeness (QED) is 0.563. The second-order valence-electron chi connectivity index (χ2n) is 10.0. The highest BCUT2D eigenvalue weighted by Gasteiger charge is 2.85. The van der Waals surface area contributed by atoms with Crippen LogP contribution in [0, 0.1) is 34.0 Å². The van der Waals surface area contributed by atoms with E-state index in [2.05, 4.69) is 0 Å². The van der Waals surface area contributed by atoms with E-state index < -0.39 is 33.9 Å².